The molecule has 1 saturated carbocycles. The van der Waals surface area contributed by atoms with E-state index in [0.717, 1.165) is 13.8 Å². The molecule has 0 unspecified atom stereocenters. The molecule has 18 heavy (non-hydrogen) atoms. The van der Waals surface area contributed by atoms with Crippen LogP contribution in [0.3, 0.4) is 0 Å². The second kappa shape index (κ2) is 5.61. The average molecular weight is 264 g/mol. The van der Waals surface area contributed by atoms with Crippen molar-refractivity contribution in [2.75, 3.05) is 0 Å². The topological polar surface area (TPSA) is 134 Å². The van der Waals surface area contributed by atoms with Gasteiger partial charge in [0.05, 0.1) is 0 Å². The number of ether oxygens (including phenoxy) is 2. The maximum absolute atomic E-state index is 10.9. The molecule has 0 aliphatic heterocycles. The van der Waals surface area contributed by atoms with Gasteiger partial charge < -0.3 is 29.9 Å². The van der Waals surface area contributed by atoms with Gasteiger partial charge in [-0.1, -0.05) is 0 Å². The lowest BCUT2D eigenvalue weighted by Gasteiger charge is -2.42. The van der Waals surface area contributed by atoms with Crippen molar-refractivity contribution < 1.29 is 39.5 Å². The molecule has 0 radical (unpaired) electrons. The third kappa shape index (κ3) is 2.96. The lowest BCUT2D eigenvalue weighted by atomic mass is 9.84. The zero-order valence-corrected chi connectivity index (χ0v) is 9.89. The van der Waals surface area contributed by atoms with E-state index >= 15 is 0 Å². The first-order chi connectivity index (χ1) is 8.25. The van der Waals surface area contributed by atoms with Crippen molar-refractivity contribution in [1.29, 1.82) is 0 Å². The van der Waals surface area contributed by atoms with Gasteiger partial charge in [0.2, 0.25) is 0 Å². The third-order valence-corrected chi connectivity index (χ3v) is 2.65. The second-order valence-corrected chi connectivity index (χ2v) is 4.11. The van der Waals surface area contributed by atoms with E-state index in [2.05, 4.69) is 0 Å². The molecule has 0 spiro atoms. The summed E-state index contributed by atoms with van der Waals surface area (Å²) in [6.07, 6.45) is -9.65. The number of carbonyl (C=O) groups is 2. The van der Waals surface area contributed by atoms with Gasteiger partial charge in [0, 0.05) is 13.8 Å². The lowest BCUT2D eigenvalue weighted by molar-refractivity contribution is -0.240. The number of esters is 2. The van der Waals surface area contributed by atoms with Crippen molar-refractivity contribution in [1.82, 2.24) is 0 Å². The van der Waals surface area contributed by atoms with Crippen LogP contribution in [0.2, 0.25) is 0 Å². The molecule has 8 heteroatoms. The quantitative estimate of drug-likeness (QED) is 0.396. The van der Waals surface area contributed by atoms with Crippen molar-refractivity contribution in [3.63, 3.8) is 0 Å². The minimum absolute atomic E-state index is 0.785. The minimum atomic E-state index is -1.71. The Bertz CT molecular complexity index is 298. The zero-order chi connectivity index (χ0) is 14.0. The first-order valence-corrected chi connectivity index (χ1v) is 5.32. The lowest BCUT2D eigenvalue weighted by Crippen LogP contribution is -2.65. The van der Waals surface area contributed by atoms with Crippen molar-refractivity contribution in [3.8, 4) is 0 Å². The van der Waals surface area contributed by atoms with Crippen molar-refractivity contribution in [2.45, 2.75) is 50.5 Å². The van der Waals surface area contributed by atoms with Crippen LogP contribution >= 0.6 is 0 Å². The minimum Gasteiger partial charge on any atom is -0.456 e. The second-order valence-electron chi connectivity index (χ2n) is 4.11. The summed E-state index contributed by atoms with van der Waals surface area (Å²) >= 11 is 0. The summed E-state index contributed by atoms with van der Waals surface area (Å²) < 4.78 is 9.42. The maximum atomic E-state index is 10.9. The average Bonchev–Trinajstić information content (AvgIpc) is 2.27. The van der Waals surface area contributed by atoms with Gasteiger partial charge in [-0.05, 0) is 0 Å². The molecule has 0 aromatic heterocycles. The molecular formula is C10H16O8. The number of hydrogen-bond donors (Lipinski definition) is 4. The number of aliphatic hydroxyl groups excluding tert-OH is 4. The fourth-order valence-corrected chi connectivity index (χ4v) is 1.84. The van der Waals surface area contributed by atoms with E-state index in [-0.39, 0.29) is 0 Å². The third-order valence-electron chi connectivity index (χ3n) is 2.65. The van der Waals surface area contributed by atoms with E-state index in [0.29, 0.717) is 0 Å². The summed E-state index contributed by atoms with van der Waals surface area (Å²) in [6, 6.07) is 0. The Hall–Kier alpha value is -1.22. The zero-order valence-electron chi connectivity index (χ0n) is 9.89. The molecule has 1 aliphatic carbocycles. The molecule has 8 nitrogen and oxygen atoms in total. The van der Waals surface area contributed by atoms with Crippen LogP contribution in [0.15, 0.2) is 0 Å². The molecule has 6 atom stereocenters. The van der Waals surface area contributed by atoms with Crippen LogP contribution in [-0.2, 0) is 19.1 Å². The van der Waals surface area contributed by atoms with Gasteiger partial charge in [0.25, 0.3) is 0 Å². The number of carbonyl (C=O) groups excluding carboxylic acids is 2. The summed E-state index contributed by atoms with van der Waals surface area (Å²) in [4.78, 5) is 21.8. The first kappa shape index (κ1) is 14.8. The summed E-state index contributed by atoms with van der Waals surface area (Å²) in [5.41, 5.74) is 0. The molecular weight excluding hydrogens is 248 g/mol. The van der Waals surface area contributed by atoms with Crippen molar-refractivity contribution >= 4 is 11.9 Å². The number of aliphatic hydroxyl groups is 4. The molecule has 1 rings (SSSR count). The van der Waals surface area contributed by atoms with Crippen molar-refractivity contribution in [3.05, 3.63) is 0 Å². The van der Waals surface area contributed by atoms with Gasteiger partial charge >= 0.3 is 11.9 Å². The van der Waals surface area contributed by atoms with E-state index in [4.69, 9.17) is 9.47 Å². The largest absolute Gasteiger partial charge is 0.456 e. The Morgan fingerprint density at radius 1 is 0.722 bits per heavy atom. The van der Waals surface area contributed by atoms with Gasteiger partial charge in [-0.2, -0.15) is 0 Å². The molecule has 1 aliphatic rings. The van der Waals surface area contributed by atoms with Crippen LogP contribution in [-0.4, -0.2) is 69.0 Å². The fraction of sp³-hybridized carbons (Fsp3) is 0.800. The van der Waals surface area contributed by atoms with Crippen LogP contribution in [0.5, 0.6) is 0 Å². The van der Waals surface area contributed by atoms with Crippen LogP contribution in [0.4, 0.5) is 0 Å². The van der Waals surface area contributed by atoms with Gasteiger partial charge in [-0.3, -0.25) is 9.59 Å². The van der Waals surface area contributed by atoms with Crippen LogP contribution in [0, 0.1) is 0 Å². The Labute approximate surface area is 103 Å². The van der Waals surface area contributed by atoms with E-state index in [1.54, 1.807) is 0 Å². The molecule has 0 bridgehead atoms. The summed E-state index contributed by atoms with van der Waals surface area (Å²) in [5.74, 6) is -1.57. The molecule has 0 saturated heterocycles. The van der Waals surface area contributed by atoms with Crippen LogP contribution in [0.25, 0.3) is 0 Å². The van der Waals surface area contributed by atoms with Gasteiger partial charge in [-0.15, -0.1) is 0 Å². The highest BCUT2D eigenvalue weighted by Gasteiger charge is 2.52. The molecule has 4 N–H and O–H groups in total. The Morgan fingerprint density at radius 3 is 1.22 bits per heavy atom. The number of hydrogen-bond acceptors (Lipinski definition) is 8. The standard InChI is InChI=1S/C10H16O8/c1-3(11)17-9-7(15)5(13)6(14)8(16)10(9)18-4(2)12/h5-10,13-16H,1-2H3/t5-,6-,7+,8+,9-,10+/m0/s1. The van der Waals surface area contributed by atoms with E-state index in [1.165, 1.54) is 0 Å². The smallest absolute Gasteiger partial charge is 0.303 e. The summed E-state index contributed by atoms with van der Waals surface area (Å²) in [5, 5.41) is 38.3. The Balaban J connectivity index is 2.97. The highest BCUT2D eigenvalue weighted by Crippen LogP contribution is 2.26. The molecule has 0 amide bonds. The predicted molar refractivity (Wildman–Crippen MR) is 55.1 cm³/mol. The van der Waals surface area contributed by atoms with Gasteiger partial charge in [0.15, 0.2) is 12.2 Å². The van der Waals surface area contributed by atoms with Crippen LogP contribution < -0.4 is 0 Å². The normalized spacial score (nSPS) is 40.1. The predicted octanol–water partition coefficient (Wildman–Crippen LogP) is -2.69. The highest BCUT2D eigenvalue weighted by atomic mass is 16.6. The van der Waals surface area contributed by atoms with E-state index < -0.39 is 48.6 Å². The molecule has 104 valence electrons. The molecule has 0 aromatic carbocycles. The Morgan fingerprint density at radius 2 is 1.00 bits per heavy atom. The van der Waals surface area contributed by atoms with Crippen LogP contribution in [0.1, 0.15) is 13.8 Å². The van der Waals surface area contributed by atoms with E-state index in [9.17, 15) is 30.0 Å². The van der Waals surface area contributed by atoms with E-state index in [1.807, 2.05) is 0 Å². The van der Waals surface area contributed by atoms with Gasteiger partial charge in [0.1, 0.15) is 24.4 Å². The molecule has 0 heterocycles. The van der Waals surface area contributed by atoms with Gasteiger partial charge in [-0.25, -0.2) is 0 Å². The summed E-state index contributed by atoms with van der Waals surface area (Å²) in [6.45, 7) is 2.11. The first-order valence-electron chi connectivity index (χ1n) is 5.32. The number of rotatable bonds is 2. The maximum Gasteiger partial charge on any atom is 0.303 e. The SMILES string of the molecule is CC(=O)O[C@@H]1[C@H](O)[C@@H](O)[C@H](O)[C@@H](O)[C@@H]1OC(C)=O. The fourth-order valence-electron chi connectivity index (χ4n) is 1.84. The highest BCUT2D eigenvalue weighted by molar-refractivity contribution is 5.67. The Kier molecular flexibility index (Phi) is 4.63. The summed E-state index contributed by atoms with van der Waals surface area (Å²) in [7, 11) is 0. The molecule has 1 fully saturated rings. The molecule has 0 aromatic rings. The monoisotopic (exact) mass is 264 g/mol. The van der Waals surface area contributed by atoms with Crippen molar-refractivity contribution in [2.24, 2.45) is 0 Å².